The molecule has 1 nitrogen and oxygen atoms in total. The molecule has 0 amide bonds. The molecule has 1 heteroatoms. The molecule has 0 saturated carbocycles. The first-order chi connectivity index (χ1) is 6.83. The third-order valence-corrected chi connectivity index (χ3v) is 2.38. The zero-order chi connectivity index (χ0) is 9.97. The van der Waals surface area contributed by atoms with Gasteiger partial charge in [-0.15, -0.1) is 6.58 Å². The summed E-state index contributed by atoms with van der Waals surface area (Å²) >= 11 is 0. The molecule has 1 N–H and O–H groups in total. The monoisotopic (exact) mass is 182 g/mol. The van der Waals surface area contributed by atoms with Crippen molar-refractivity contribution in [2.45, 2.75) is 6.42 Å². The molecular weight excluding hydrogens is 170 g/mol. The number of hydrogen-bond donors (Lipinski definition) is 0. The van der Waals surface area contributed by atoms with Crippen LogP contribution in [0.15, 0.2) is 49.1 Å². The summed E-state index contributed by atoms with van der Waals surface area (Å²) in [4.78, 5) is 0. The minimum Gasteiger partial charge on any atom is -0.300 e. The average molecular weight is 182 g/mol. The van der Waals surface area contributed by atoms with Crippen LogP contribution < -0.4 is 5.73 Å². The van der Waals surface area contributed by atoms with Crippen LogP contribution in [0.25, 0.3) is 10.8 Å². The van der Waals surface area contributed by atoms with Crippen molar-refractivity contribution in [3.05, 3.63) is 54.6 Å². The van der Waals surface area contributed by atoms with Crippen LogP contribution in [-0.2, 0) is 6.42 Å². The summed E-state index contributed by atoms with van der Waals surface area (Å²) in [5.74, 6) is 0. The largest absolute Gasteiger partial charge is 0.300 e. The zero-order valence-corrected chi connectivity index (χ0v) is 7.96. The minimum atomic E-state index is 0.591. The van der Waals surface area contributed by atoms with E-state index in [1.807, 2.05) is 36.4 Å². The third-order valence-electron chi connectivity index (χ3n) is 2.38. The Hall–Kier alpha value is -1.76. The SMILES string of the molecule is C=CCc1ccc([NH])c2ccccc12. The van der Waals surface area contributed by atoms with Gasteiger partial charge in [-0.2, -0.15) is 0 Å². The first kappa shape index (κ1) is 8.82. The first-order valence-corrected chi connectivity index (χ1v) is 4.66. The highest BCUT2D eigenvalue weighted by Crippen LogP contribution is 2.25. The van der Waals surface area contributed by atoms with Crippen molar-refractivity contribution in [1.29, 1.82) is 0 Å². The molecular formula is C13H12N. The van der Waals surface area contributed by atoms with Crippen molar-refractivity contribution in [3.8, 4) is 0 Å². The van der Waals surface area contributed by atoms with E-state index < -0.39 is 0 Å². The average Bonchev–Trinajstić information content (AvgIpc) is 2.23. The van der Waals surface area contributed by atoms with E-state index in [1.165, 1.54) is 10.9 Å². The van der Waals surface area contributed by atoms with E-state index in [1.54, 1.807) is 0 Å². The highest BCUT2D eigenvalue weighted by Gasteiger charge is 2.01. The van der Waals surface area contributed by atoms with E-state index in [2.05, 4.69) is 12.6 Å². The summed E-state index contributed by atoms with van der Waals surface area (Å²) in [5, 5.41) is 2.19. The van der Waals surface area contributed by atoms with Gasteiger partial charge in [-0.3, -0.25) is 0 Å². The Bertz CT molecular complexity index is 472. The van der Waals surface area contributed by atoms with Crippen molar-refractivity contribution in [2.24, 2.45) is 0 Å². The summed E-state index contributed by atoms with van der Waals surface area (Å²) in [7, 11) is 0. The molecule has 0 atom stereocenters. The van der Waals surface area contributed by atoms with Crippen LogP contribution in [0.4, 0.5) is 5.69 Å². The summed E-state index contributed by atoms with van der Waals surface area (Å²) in [5.41, 5.74) is 9.60. The van der Waals surface area contributed by atoms with Crippen LogP contribution in [0, 0.1) is 0 Å². The molecule has 2 aromatic carbocycles. The van der Waals surface area contributed by atoms with E-state index in [9.17, 15) is 0 Å². The number of hydrogen-bond acceptors (Lipinski definition) is 0. The van der Waals surface area contributed by atoms with Gasteiger partial charge in [0.15, 0.2) is 0 Å². The Balaban J connectivity index is 2.74. The molecule has 0 fully saturated rings. The van der Waals surface area contributed by atoms with Gasteiger partial charge in [0.05, 0.1) is 5.69 Å². The maximum absolute atomic E-state index is 7.77. The number of fused-ring (bicyclic) bond motifs is 1. The van der Waals surface area contributed by atoms with Crippen molar-refractivity contribution in [3.63, 3.8) is 0 Å². The fourth-order valence-corrected chi connectivity index (χ4v) is 1.69. The van der Waals surface area contributed by atoms with Gasteiger partial charge < -0.3 is 5.73 Å². The molecule has 2 rings (SSSR count). The molecule has 2 aromatic rings. The van der Waals surface area contributed by atoms with E-state index in [-0.39, 0.29) is 0 Å². The van der Waals surface area contributed by atoms with Crippen LogP contribution in [0.2, 0.25) is 0 Å². The second-order valence-electron chi connectivity index (χ2n) is 3.31. The highest BCUT2D eigenvalue weighted by molar-refractivity contribution is 5.94. The van der Waals surface area contributed by atoms with Crippen LogP contribution in [0.1, 0.15) is 5.56 Å². The highest BCUT2D eigenvalue weighted by atomic mass is 14.5. The second kappa shape index (κ2) is 3.54. The molecule has 0 spiro atoms. The molecule has 0 bridgehead atoms. The summed E-state index contributed by atoms with van der Waals surface area (Å²) in [6, 6.07) is 11.9. The Morgan fingerprint density at radius 1 is 1.07 bits per heavy atom. The predicted octanol–water partition coefficient (Wildman–Crippen LogP) is 3.48. The van der Waals surface area contributed by atoms with Gasteiger partial charge >= 0.3 is 0 Å². The zero-order valence-electron chi connectivity index (χ0n) is 7.96. The van der Waals surface area contributed by atoms with Crippen molar-refractivity contribution < 1.29 is 0 Å². The number of rotatable bonds is 2. The van der Waals surface area contributed by atoms with Gasteiger partial charge in [0.1, 0.15) is 0 Å². The van der Waals surface area contributed by atoms with Gasteiger partial charge in [0.2, 0.25) is 0 Å². The minimum absolute atomic E-state index is 0.591. The quantitative estimate of drug-likeness (QED) is 0.635. The van der Waals surface area contributed by atoms with Crippen molar-refractivity contribution in [2.75, 3.05) is 0 Å². The molecule has 0 saturated heterocycles. The maximum atomic E-state index is 7.77. The fraction of sp³-hybridized carbons (Fsp3) is 0.0769. The Labute approximate surface area is 83.9 Å². The van der Waals surface area contributed by atoms with Crippen LogP contribution in [0.3, 0.4) is 0 Å². The molecule has 0 unspecified atom stereocenters. The molecule has 0 heterocycles. The Morgan fingerprint density at radius 2 is 1.79 bits per heavy atom. The lowest BCUT2D eigenvalue weighted by atomic mass is 10.0. The lowest BCUT2D eigenvalue weighted by Crippen LogP contribution is -1.85. The summed E-state index contributed by atoms with van der Waals surface area (Å²) in [6.07, 6.45) is 2.76. The molecule has 1 radical (unpaired) electrons. The van der Waals surface area contributed by atoms with Crippen molar-refractivity contribution in [1.82, 2.24) is 5.73 Å². The van der Waals surface area contributed by atoms with Crippen molar-refractivity contribution >= 4 is 16.5 Å². The predicted molar refractivity (Wildman–Crippen MR) is 60.6 cm³/mol. The smallest absolute Gasteiger partial charge is 0.0618 e. The topological polar surface area (TPSA) is 23.8 Å². The van der Waals surface area contributed by atoms with Gasteiger partial charge in [-0.05, 0) is 23.4 Å². The Morgan fingerprint density at radius 3 is 2.50 bits per heavy atom. The number of nitrogens with one attached hydrogen (secondary N) is 1. The van der Waals surface area contributed by atoms with Gasteiger partial charge in [-0.1, -0.05) is 36.4 Å². The summed E-state index contributed by atoms with van der Waals surface area (Å²) in [6.45, 7) is 3.74. The molecule has 69 valence electrons. The van der Waals surface area contributed by atoms with E-state index in [4.69, 9.17) is 5.73 Å². The second-order valence-corrected chi connectivity index (χ2v) is 3.31. The maximum Gasteiger partial charge on any atom is 0.0618 e. The van der Waals surface area contributed by atoms with Gasteiger partial charge in [0.25, 0.3) is 0 Å². The standard InChI is InChI=1S/C13H12N/c1-2-5-10-8-9-13(14)12-7-4-3-6-11(10)12/h2-4,6-9,14H,1,5H2. The van der Waals surface area contributed by atoms with Crippen LogP contribution in [0.5, 0.6) is 0 Å². The molecule has 0 aliphatic rings. The lowest BCUT2D eigenvalue weighted by Gasteiger charge is -2.05. The van der Waals surface area contributed by atoms with E-state index in [0.717, 1.165) is 11.8 Å². The molecule has 0 aliphatic carbocycles. The summed E-state index contributed by atoms with van der Waals surface area (Å²) < 4.78 is 0. The number of benzene rings is 2. The third kappa shape index (κ3) is 1.37. The molecule has 14 heavy (non-hydrogen) atoms. The van der Waals surface area contributed by atoms with E-state index in [0.29, 0.717) is 5.69 Å². The Kier molecular flexibility index (Phi) is 2.23. The van der Waals surface area contributed by atoms with Crippen LogP contribution in [-0.4, -0.2) is 0 Å². The van der Waals surface area contributed by atoms with E-state index >= 15 is 0 Å². The normalized spacial score (nSPS) is 10.3. The van der Waals surface area contributed by atoms with Gasteiger partial charge in [-0.25, -0.2) is 0 Å². The molecule has 0 aliphatic heterocycles. The lowest BCUT2D eigenvalue weighted by molar-refractivity contribution is 1.30. The van der Waals surface area contributed by atoms with Crippen LogP contribution >= 0.6 is 0 Å². The fourth-order valence-electron chi connectivity index (χ4n) is 1.69. The number of allylic oxidation sites excluding steroid dienone is 1. The molecule has 0 aromatic heterocycles. The van der Waals surface area contributed by atoms with Gasteiger partial charge in [0, 0.05) is 5.39 Å². The first-order valence-electron chi connectivity index (χ1n) is 4.66.